The van der Waals surface area contributed by atoms with Crippen LogP contribution in [-0.4, -0.2) is 71.5 Å². The van der Waals surface area contributed by atoms with Crippen molar-refractivity contribution >= 4 is 30.3 Å². The maximum atomic E-state index is 13.7. The molecule has 2 aliphatic heterocycles. The van der Waals surface area contributed by atoms with Gasteiger partial charge in [0.25, 0.3) is 0 Å². The zero-order valence-electron chi connectivity index (χ0n) is 20.8. The summed E-state index contributed by atoms with van der Waals surface area (Å²) < 4.78 is 5.38. The fraction of sp³-hybridized carbons (Fsp3) is 0.577. The number of nitrogens with zero attached hydrogens (tertiary/aromatic N) is 2. The summed E-state index contributed by atoms with van der Waals surface area (Å²) in [6, 6.07) is 8.08. The van der Waals surface area contributed by atoms with E-state index in [1.165, 1.54) is 0 Å². The van der Waals surface area contributed by atoms with Crippen LogP contribution in [0.25, 0.3) is 0 Å². The highest BCUT2D eigenvalue weighted by Gasteiger charge is 2.54. The number of hydrogen-bond donors (Lipinski definition) is 2. The monoisotopic (exact) mass is 506 g/mol. The first kappa shape index (κ1) is 28.7. The maximum absolute atomic E-state index is 13.7. The van der Waals surface area contributed by atoms with Crippen molar-refractivity contribution in [1.29, 1.82) is 0 Å². The molecule has 35 heavy (non-hydrogen) atoms. The number of likely N-dealkylation sites (tertiary alicyclic amines) is 1. The van der Waals surface area contributed by atoms with Crippen LogP contribution in [0.15, 0.2) is 43.0 Å². The Morgan fingerprint density at radius 3 is 2.51 bits per heavy atom. The number of halogens is 1. The smallest absolute Gasteiger partial charge is 0.407 e. The van der Waals surface area contributed by atoms with Crippen molar-refractivity contribution in [2.45, 2.75) is 70.2 Å². The lowest BCUT2D eigenvalue weighted by molar-refractivity contribution is -0.162. The highest BCUT2D eigenvalue weighted by molar-refractivity contribution is 6.00. The first-order valence-corrected chi connectivity index (χ1v) is 12.4. The quantitative estimate of drug-likeness (QED) is 0.475. The lowest BCUT2D eigenvalue weighted by atomic mass is 9.80. The van der Waals surface area contributed by atoms with Crippen molar-refractivity contribution in [3.8, 4) is 0 Å². The van der Waals surface area contributed by atoms with Crippen LogP contribution < -0.4 is 10.6 Å². The average molecular weight is 507 g/mol. The molecule has 194 valence electrons. The van der Waals surface area contributed by atoms with Crippen LogP contribution in [0.3, 0.4) is 0 Å². The molecule has 2 saturated heterocycles. The molecule has 0 radical (unpaired) electrons. The van der Waals surface area contributed by atoms with Crippen LogP contribution in [0, 0.1) is 0 Å². The Kier molecular flexibility index (Phi) is 11.0. The molecular weight excluding hydrogens is 468 g/mol. The molecule has 3 rings (SSSR count). The highest BCUT2D eigenvalue weighted by Crippen LogP contribution is 2.34. The molecule has 1 spiro atoms. The first-order valence-electron chi connectivity index (χ1n) is 12.4. The fourth-order valence-electron chi connectivity index (χ4n) is 4.99. The Hall–Kier alpha value is -2.58. The number of rotatable bonds is 10. The second kappa shape index (κ2) is 13.5. The standard InChI is InChI=1S/C26H38N4O4.ClH/c1-4-10-21(27-25(33)34-19-20-11-8-7-9-12-20)22-23(31)30(16-6-3)26(24(32)28-22)13-17-29(15-5-2)18-14-26;/h5,7-9,11-12,21-22H,2,4,6,10,13-19H2,1,3H3,(H,27,33)(H,28,32);1H/t21-,22-;/m0./s1. The van der Waals surface area contributed by atoms with Gasteiger partial charge in [-0.15, -0.1) is 19.0 Å². The minimum absolute atomic E-state index is 0. The van der Waals surface area contributed by atoms with Gasteiger partial charge in [0.2, 0.25) is 11.8 Å². The Morgan fingerprint density at radius 2 is 1.91 bits per heavy atom. The third-order valence-corrected chi connectivity index (χ3v) is 6.79. The summed E-state index contributed by atoms with van der Waals surface area (Å²) in [7, 11) is 0. The third kappa shape index (κ3) is 6.76. The van der Waals surface area contributed by atoms with Gasteiger partial charge < -0.3 is 20.3 Å². The number of nitrogens with one attached hydrogen (secondary N) is 2. The summed E-state index contributed by atoms with van der Waals surface area (Å²) in [6.07, 6.45) is 4.52. The van der Waals surface area contributed by atoms with Gasteiger partial charge in [-0.25, -0.2) is 4.79 Å². The number of carbonyl (C=O) groups is 3. The van der Waals surface area contributed by atoms with E-state index in [1.54, 1.807) is 4.90 Å². The number of piperidine rings is 1. The minimum atomic E-state index is -0.828. The summed E-state index contributed by atoms with van der Waals surface area (Å²) in [5.41, 5.74) is 0.0526. The van der Waals surface area contributed by atoms with Crippen molar-refractivity contribution < 1.29 is 19.1 Å². The lowest BCUT2D eigenvalue weighted by Gasteiger charge is -2.52. The van der Waals surface area contributed by atoms with Gasteiger partial charge in [0, 0.05) is 26.2 Å². The van der Waals surface area contributed by atoms with E-state index < -0.39 is 23.7 Å². The predicted molar refractivity (Wildman–Crippen MR) is 138 cm³/mol. The van der Waals surface area contributed by atoms with E-state index in [0.29, 0.717) is 25.8 Å². The molecule has 9 heteroatoms. The molecule has 0 unspecified atom stereocenters. The molecule has 1 aromatic rings. The number of amides is 3. The van der Waals surface area contributed by atoms with Crippen LogP contribution >= 0.6 is 12.4 Å². The van der Waals surface area contributed by atoms with Crippen LogP contribution in [0.4, 0.5) is 4.79 Å². The molecule has 0 aromatic heterocycles. The predicted octanol–water partition coefficient (Wildman–Crippen LogP) is 3.26. The van der Waals surface area contributed by atoms with Crippen molar-refractivity contribution in [1.82, 2.24) is 20.4 Å². The molecule has 0 aliphatic carbocycles. The Morgan fingerprint density at radius 1 is 1.23 bits per heavy atom. The number of hydrogen-bond acceptors (Lipinski definition) is 5. The highest BCUT2D eigenvalue weighted by atomic mass is 35.5. The number of carbonyl (C=O) groups excluding carboxylic acids is 3. The largest absolute Gasteiger partial charge is 0.445 e. The molecule has 8 nitrogen and oxygen atoms in total. The summed E-state index contributed by atoms with van der Waals surface area (Å²) in [5, 5.41) is 5.83. The molecule has 0 saturated carbocycles. The molecule has 2 N–H and O–H groups in total. The van der Waals surface area contributed by atoms with E-state index >= 15 is 0 Å². The van der Waals surface area contributed by atoms with Gasteiger partial charge in [-0.3, -0.25) is 14.5 Å². The Balaban J connectivity index is 0.00000432. The Bertz CT molecular complexity index is 858. The summed E-state index contributed by atoms with van der Waals surface area (Å²) >= 11 is 0. The first-order chi connectivity index (χ1) is 16.4. The second-order valence-electron chi connectivity index (χ2n) is 9.16. The van der Waals surface area contributed by atoms with E-state index in [0.717, 1.165) is 38.0 Å². The van der Waals surface area contributed by atoms with Gasteiger partial charge in [0.05, 0.1) is 6.04 Å². The molecule has 2 aliphatic rings. The summed E-state index contributed by atoms with van der Waals surface area (Å²) in [4.78, 5) is 43.8. The number of piperazine rings is 1. The zero-order valence-corrected chi connectivity index (χ0v) is 21.6. The van der Waals surface area contributed by atoms with E-state index in [9.17, 15) is 14.4 Å². The van der Waals surface area contributed by atoms with Gasteiger partial charge >= 0.3 is 6.09 Å². The van der Waals surface area contributed by atoms with Crippen LogP contribution in [0.2, 0.25) is 0 Å². The number of ether oxygens (including phenoxy) is 1. The SMILES string of the molecule is C=CCN1CCC2(CC1)C(=O)N[C@@H]([C@H](CCC)NC(=O)OCc1ccccc1)C(=O)N2CCC.Cl. The zero-order chi connectivity index (χ0) is 24.6. The molecule has 2 atom stereocenters. The van der Waals surface area contributed by atoms with Crippen LogP contribution in [0.5, 0.6) is 0 Å². The van der Waals surface area contributed by atoms with E-state index in [4.69, 9.17) is 4.74 Å². The van der Waals surface area contributed by atoms with Crippen LogP contribution in [0.1, 0.15) is 51.5 Å². The number of alkyl carbamates (subject to hydrolysis) is 1. The molecule has 2 fully saturated rings. The molecule has 3 amide bonds. The third-order valence-electron chi connectivity index (χ3n) is 6.79. The summed E-state index contributed by atoms with van der Waals surface area (Å²) in [6.45, 7) is 10.7. The molecular formula is C26H39ClN4O4. The summed E-state index contributed by atoms with van der Waals surface area (Å²) in [5.74, 6) is -0.246. The van der Waals surface area contributed by atoms with Gasteiger partial charge in [-0.2, -0.15) is 0 Å². The van der Waals surface area contributed by atoms with Crippen molar-refractivity contribution in [2.24, 2.45) is 0 Å². The second-order valence-corrected chi connectivity index (χ2v) is 9.16. The maximum Gasteiger partial charge on any atom is 0.407 e. The van der Waals surface area contributed by atoms with Gasteiger partial charge in [-0.05, 0) is 31.2 Å². The molecule has 0 bridgehead atoms. The van der Waals surface area contributed by atoms with Crippen molar-refractivity contribution in [2.75, 3.05) is 26.2 Å². The van der Waals surface area contributed by atoms with E-state index in [1.807, 2.05) is 50.3 Å². The van der Waals surface area contributed by atoms with E-state index in [-0.39, 0.29) is 30.8 Å². The van der Waals surface area contributed by atoms with Gasteiger partial charge in [0.1, 0.15) is 18.2 Å². The van der Waals surface area contributed by atoms with Gasteiger partial charge in [0.15, 0.2) is 0 Å². The average Bonchev–Trinajstić information content (AvgIpc) is 2.85. The normalized spacial score (nSPS) is 20.5. The lowest BCUT2D eigenvalue weighted by Crippen LogP contribution is -2.75. The molecule has 1 aromatic carbocycles. The number of benzene rings is 1. The molecule has 2 heterocycles. The van der Waals surface area contributed by atoms with Gasteiger partial charge in [-0.1, -0.05) is 56.7 Å². The van der Waals surface area contributed by atoms with Crippen LogP contribution in [-0.2, 0) is 20.9 Å². The topological polar surface area (TPSA) is 91.0 Å². The van der Waals surface area contributed by atoms with E-state index in [2.05, 4.69) is 22.1 Å². The Labute approximate surface area is 214 Å². The van der Waals surface area contributed by atoms with Crippen molar-refractivity contribution in [3.05, 3.63) is 48.6 Å². The minimum Gasteiger partial charge on any atom is -0.445 e. The fourth-order valence-corrected chi connectivity index (χ4v) is 4.99. The van der Waals surface area contributed by atoms with Crippen molar-refractivity contribution in [3.63, 3.8) is 0 Å².